The molecule has 8 amide bonds. The third kappa shape index (κ3) is 19.2. The van der Waals surface area contributed by atoms with E-state index in [2.05, 4.69) is 61.7 Å². The lowest BCUT2D eigenvalue weighted by Crippen LogP contribution is -2.66. The number of aliphatic hydroxyl groups is 3. The number of unbranched alkanes of at least 4 members (excludes halogenated alkanes) is 4. The average molecular weight is 1650 g/mol. The van der Waals surface area contributed by atoms with Crippen molar-refractivity contribution in [1.82, 2.24) is 52.8 Å². The van der Waals surface area contributed by atoms with Gasteiger partial charge in [-0.05, 0) is 153 Å². The second-order valence-electron chi connectivity index (χ2n) is 29.7. The molecule has 1 fully saturated rings. The number of aliphatic hydroxyl groups excluding tert-OH is 3. The van der Waals surface area contributed by atoms with E-state index in [1.165, 1.54) is 61.6 Å². The summed E-state index contributed by atoms with van der Waals surface area (Å²) in [6, 6.07) is 7.27. The van der Waals surface area contributed by atoms with Gasteiger partial charge in [0.05, 0.1) is 17.2 Å². The Balaban J connectivity index is 1.09. The van der Waals surface area contributed by atoms with Crippen LogP contribution in [0.2, 0.25) is 10.0 Å². The number of hydrogen-bond acceptors (Lipinski definition) is 25. The van der Waals surface area contributed by atoms with Crippen molar-refractivity contribution >= 4 is 76.4 Å². The zero-order valence-electron chi connectivity index (χ0n) is 64.2. The van der Waals surface area contributed by atoms with Crippen molar-refractivity contribution in [3.8, 4) is 80.1 Å². The maximum atomic E-state index is 16.6. The lowest BCUT2D eigenvalue weighted by Gasteiger charge is -2.41. The van der Waals surface area contributed by atoms with Crippen LogP contribution in [-0.4, -0.2) is 183 Å². The molecule has 17 bridgehead atoms. The first kappa shape index (κ1) is 84.7. The number of nitrogens with zero attached hydrogens (tertiary/aromatic N) is 1. The van der Waals surface area contributed by atoms with E-state index >= 15 is 24.0 Å². The fraction of sp³-hybridized carbons (Fsp3) is 0.378. The third-order valence-corrected chi connectivity index (χ3v) is 21.3. The number of rotatable bonds is 18. The van der Waals surface area contributed by atoms with Crippen molar-refractivity contribution < 1.29 is 112 Å². The van der Waals surface area contributed by atoms with E-state index < -0.39 is 205 Å². The number of aromatic hydroxyl groups is 5. The summed E-state index contributed by atoms with van der Waals surface area (Å²) < 4.78 is 37.7. The minimum absolute atomic E-state index is 0.00528. The Hall–Kier alpha value is -11.7. The van der Waals surface area contributed by atoms with E-state index in [0.717, 1.165) is 93.5 Å². The summed E-state index contributed by atoms with van der Waals surface area (Å²) in [5, 5.41) is 118. The Morgan fingerprint density at radius 1 is 0.590 bits per heavy atom. The van der Waals surface area contributed by atoms with Crippen LogP contribution < -0.4 is 66.8 Å². The van der Waals surface area contributed by atoms with Gasteiger partial charge in [0.1, 0.15) is 107 Å². The smallest absolute Gasteiger partial charge is 0.337 e. The number of phenolic OH excluding ortho intramolecular Hbond substituents is 5. The molecule has 7 aliphatic heterocycles. The van der Waals surface area contributed by atoms with Gasteiger partial charge in [-0.15, -0.1) is 0 Å². The molecule has 7 aromatic carbocycles. The topological polar surface area (TPSA) is 482 Å². The molecule has 117 heavy (non-hydrogen) atoms. The number of nitrogens with one attached hydrogen (secondary N) is 9. The molecule has 13 atom stereocenters. The van der Waals surface area contributed by atoms with Crippen molar-refractivity contribution in [1.29, 1.82) is 0 Å². The van der Waals surface area contributed by atoms with Crippen LogP contribution in [0.4, 0.5) is 0 Å². The van der Waals surface area contributed by atoms with Crippen LogP contribution in [0.3, 0.4) is 0 Å². The SMILES string of the molecule is CN[C@@H]1C(=O)N[C@@H]2Cc3ccc(cc3)Oc3cc4cc(c3O[C@@H]3O[C@H](C(=O)OC)[C@@H](O)[C@H](O)[C@H]3NC(=O)CCCCCCCC(C)C)Oc3ccc(cc3Cl)[C@@H](O)[C@@H]3NC(=O)[C@H](NC(=O)[C@@H]4NC(=O)[C@@H](NC2=O)c2cc(cc(O)c2Cl)Oc2cc1ccc2O)c1ccc(O)c(c1)-c1c(O)cc(O)cc1[C@H](C(=O)NCCCN(C)C)NC3=O. The number of likely N-dealkylation sites (N-methyl/N-ethyl adjacent to an activating group) is 1. The molecule has 7 heterocycles. The van der Waals surface area contributed by atoms with Crippen molar-refractivity contribution in [2.75, 3.05) is 41.3 Å². The van der Waals surface area contributed by atoms with Crippen molar-refractivity contribution in [2.45, 2.75) is 151 Å². The Bertz CT molecular complexity index is 4980. The van der Waals surface area contributed by atoms with E-state index in [1.807, 2.05) is 4.90 Å². The van der Waals surface area contributed by atoms with Gasteiger partial charge in [0.2, 0.25) is 59.3 Å². The van der Waals surface area contributed by atoms with Crippen LogP contribution in [-0.2, 0) is 59.0 Å². The molecule has 33 nitrogen and oxygen atoms in total. The predicted octanol–water partition coefficient (Wildman–Crippen LogP) is 6.39. The number of carbonyl (C=O) groups excluding carboxylic acids is 9. The van der Waals surface area contributed by atoms with E-state index in [1.54, 1.807) is 14.1 Å². The second-order valence-corrected chi connectivity index (χ2v) is 30.5. The highest BCUT2D eigenvalue weighted by Gasteiger charge is 2.51. The number of phenols is 5. The summed E-state index contributed by atoms with van der Waals surface area (Å²) in [6.07, 6.45) is -5.80. The molecule has 17 N–H and O–H groups in total. The Kier molecular flexibility index (Phi) is 26.5. The van der Waals surface area contributed by atoms with E-state index in [-0.39, 0.29) is 70.2 Å². The average Bonchev–Trinajstić information content (AvgIpc) is 0.766. The fourth-order valence-corrected chi connectivity index (χ4v) is 14.9. The maximum absolute atomic E-state index is 16.6. The molecule has 0 saturated carbocycles. The molecule has 7 aromatic rings. The van der Waals surface area contributed by atoms with Crippen molar-refractivity contribution in [3.05, 3.63) is 164 Å². The summed E-state index contributed by atoms with van der Waals surface area (Å²) >= 11 is 14.2. The molecular weight excluding hydrogens is 1560 g/mol. The van der Waals surface area contributed by atoms with Gasteiger partial charge in [-0.2, -0.15) is 0 Å². The van der Waals surface area contributed by atoms with Gasteiger partial charge in [-0.1, -0.05) is 99.5 Å². The number of ether oxygens (including phenoxy) is 6. The summed E-state index contributed by atoms with van der Waals surface area (Å²) in [5.74, 6) is -15.7. The van der Waals surface area contributed by atoms with Gasteiger partial charge in [0.15, 0.2) is 29.1 Å². The molecule has 14 rings (SSSR count). The van der Waals surface area contributed by atoms with E-state index in [9.17, 15) is 60.0 Å². The van der Waals surface area contributed by atoms with Gasteiger partial charge < -0.3 is 122 Å². The van der Waals surface area contributed by atoms with Crippen LogP contribution in [0, 0.1) is 5.92 Å². The van der Waals surface area contributed by atoms with Crippen LogP contribution in [0.15, 0.2) is 115 Å². The Morgan fingerprint density at radius 2 is 1.24 bits per heavy atom. The van der Waals surface area contributed by atoms with Gasteiger partial charge in [0.25, 0.3) is 0 Å². The molecule has 0 unspecified atom stereocenters. The highest BCUT2D eigenvalue weighted by molar-refractivity contribution is 6.33. The second kappa shape index (κ2) is 36.6. The van der Waals surface area contributed by atoms with Gasteiger partial charge >= 0.3 is 5.97 Å². The zero-order chi connectivity index (χ0) is 84.0. The van der Waals surface area contributed by atoms with Crippen molar-refractivity contribution in [2.24, 2.45) is 5.92 Å². The lowest BCUT2D eigenvalue weighted by atomic mass is 9.89. The fourth-order valence-electron chi connectivity index (χ4n) is 14.5. The zero-order valence-corrected chi connectivity index (χ0v) is 65.7. The molecular formula is C82H90Cl2N10O23. The summed E-state index contributed by atoms with van der Waals surface area (Å²) in [6.45, 7) is 4.74. The quantitative estimate of drug-likeness (QED) is 0.0327. The maximum Gasteiger partial charge on any atom is 0.337 e. The number of amides is 8. The van der Waals surface area contributed by atoms with Gasteiger partial charge in [-0.3, -0.25) is 38.4 Å². The third-order valence-electron chi connectivity index (χ3n) is 20.6. The molecule has 7 aliphatic rings. The first-order valence-corrected chi connectivity index (χ1v) is 38.6. The Morgan fingerprint density at radius 3 is 1.95 bits per heavy atom. The van der Waals surface area contributed by atoms with Crippen LogP contribution >= 0.6 is 23.2 Å². The lowest BCUT2D eigenvalue weighted by molar-refractivity contribution is -0.242. The monoisotopic (exact) mass is 1650 g/mol. The van der Waals surface area contributed by atoms with Gasteiger partial charge in [-0.25, -0.2) is 4.79 Å². The highest BCUT2D eigenvalue weighted by Crippen LogP contribution is 2.50. The summed E-state index contributed by atoms with van der Waals surface area (Å²) in [7, 11) is 6.03. The molecule has 35 heteroatoms. The minimum Gasteiger partial charge on any atom is -0.508 e. The predicted molar refractivity (Wildman–Crippen MR) is 419 cm³/mol. The summed E-state index contributed by atoms with van der Waals surface area (Å²) in [5.41, 5.74) is -1.97. The number of carbonyl (C=O) groups is 9. The first-order valence-electron chi connectivity index (χ1n) is 37.9. The summed E-state index contributed by atoms with van der Waals surface area (Å²) in [4.78, 5) is 139. The number of halogens is 2. The normalized spacial score (nSPS) is 23.2. The molecule has 1 saturated heterocycles. The standard InChI is InChI=1S/C82H90Cl2N10O23/c1-37(2)13-10-8-7-9-11-14-59(100)88-68-70(102)71(103)73(81(111)112-6)117-82(68)116-72-57-31-42-32-58(72)115-55-24-19-41(29-49(55)83)69(101)67-80(110)92-65(75(105)86-25-12-26-94(4)5)47-33-43(95)34-53(98)60(47)46-28-39(17-22-51(46)96)63(77(107)93-67)89-78(108)64(42)90-79(109)66-48-35-45(36-54(99)61(48)84)114-56-30-40(18-23-52(56)97)62(85-3)76(106)87-50(74(104)91-66)27-38-15-20-44(113-57)21-16-38/h15-24,28-37,50,62-71,73,82,85,95-99,101-103H,7-14,25-27H2,1-6H3,(H,86,105)(H,87,106)(H,88,100)(H,89,108)(H,90,109)(H,91,104)(H,92,110)(H,93,107)/t50-,62+,63-,64-,65-,66+,67+,68-,69-,70-,71+,73+,82-/m1/s1. The van der Waals surface area contributed by atoms with Crippen LogP contribution in [0.1, 0.15) is 140 Å². The number of fused-ring (bicyclic) bond motifs is 14. The van der Waals surface area contributed by atoms with E-state index in [0.29, 0.717) is 37.3 Å². The van der Waals surface area contributed by atoms with E-state index in [4.69, 9.17) is 51.6 Å². The van der Waals surface area contributed by atoms with Crippen LogP contribution in [0.25, 0.3) is 11.1 Å². The van der Waals surface area contributed by atoms with Gasteiger partial charge in [0, 0.05) is 48.2 Å². The molecule has 0 aromatic heterocycles. The molecule has 0 radical (unpaired) electrons. The number of esters is 1. The molecule has 620 valence electrons. The highest BCUT2D eigenvalue weighted by atomic mass is 35.5. The molecule has 0 aliphatic carbocycles. The Labute approximate surface area is 680 Å². The number of methoxy groups -OCH3 is 1. The number of benzene rings is 7. The van der Waals surface area contributed by atoms with Crippen LogP contribution in [0.5, 0.6) is 69.0 Å². The molecule has 0 spiro atoms. The largest absolute Gasteiger partial charge is 0.508 e. The number of hydrogen-bond donors (Lipinski definition) is 17. The minimum atomic E-state index is -2.35. The van der Waals surface area contributed by atoms with Crippen molar-refractivity contribution in [3.63, 3.8) is 0 Å². The first-order chi connectivity index (χ1) is 55.9.